The molecule has 0 radical (unpaired) electrons. The lowest BCUT2D eigenvalue weighted by Crippen LogP contribution is -2.56. The van der Waals surface area contributed by atoms with Crippen molar-refractivity contribution in [3.05, 3.63) is 0 Å². The molecule has 0 spiro atoms. The van der Waals surface area contributed by atoms with Crippen LogP contribution < -0.4 is 0 Å². The molecule has 5 rings (SSSR count). The maximum atomic E-state index is 13.2. The van der Waals surface area contributed by atoms with E-state index in [1.807, 2.05) is 4.90 Å². The summed E-state index contributed by atoms with van der Waals surface area (Å²) in [7, 11) is 0. The van der Waals surface area contributed by atoms with Crippen molar-refractivity contribution < 1.29 is 14.7 Å². The summed E-state index contributed by atoms with van der Waals surface area (Å²) in [5.74, 6) is 1.50. The molecule has 1 aliphatic heterocycles. The van der Waals surface area contributed by atoms with Crippen LogP contribution in [0.15, 0.2) is 0 Å². The molecule has 1 heterocycles. The van der Waals surface area contributed by atoms with Crippen LogP contribution in [-0.4, -0.2) is 35.0 Å². The Morgan fingerprint density at radius 3 is 2.10 bits per heavy atom. The van der Waals surface area contributed by atoms with Crippen LogP contribution in [0.25, 0.3) is 0 Å². The second kappa shape index (κ2) is 4.72. The third-order valence-corrected chi connectivity index (χ3v) is 6.55. The fourth-order valence-electron chi connectivity index (χ4n) is 6.07. The van der Waals surface area contributed by atoms with Crippen molar-refractivity contribution >= 4 is 11.9 Å². The number of hydrogen-bond donors (Lipinski definition) is 1. The number of piperidine rings is 1. The van der Waals surface area contributed by atoms with E-state index < -0.39 is 5.97 Å². The molecular weight excluding hydrogens is 266 g/mol. The highest BCUT2D eigenvalue weighted by atomic mass is 16.4. The first-order chi connectivity index (χ1) is 10.1. The van der Waals surface area contributed by atoms with Crippen molar-refractivity contribution in [1.29, 1.82) is 0 Å². The lowest BCUT2D eigenvalue weighted by atomic mass is 9.49. The Balaban J connectivity index is 1.53. The number of aliphatic carboxylic acids is 1. The molecule has 4 nitrogen and oxygen atoms in total. The van der Waals surface area contributed by atoms with Gasteiger partial charge in [0.15, 0.2) is 0 Å². The van der Waals surface area contributed by atoms with Gasteiger partial charge in [-0.25, -0.2) is 0 Å². The van der Waals surface area contributed by atoms with E-state index in [1.54, 1.807) is 0 Å². The van der Waals surface area contributed by atoms with E-state index in [-0.39, 0.29) is 11.3 Å². The highest BCUT2D eigenvalue weighted by molar-refractivity contribution is 5.84. The van der Waals surface area contributed by atoms with E-state index in [2.05, 4.69) is 0 Å². The maximum Gasteiger partial charge on any atom is 0.308 e. The molecule has 1 N–H and O–H groups in total. The van der Waals surface area contributed by atoms with Crippen LogP contribution in [0.1, 0.15) is 51.4 Å². The van der Waals surface area contributed by atoms with Gasteiger partial charge < -0.3 is 10.0 Å². The van der Waals surface area contributed by atoms with Gasteiger partial charge in [0.25, 0.3) is 0 Å². The number of carbonyl (C=O) groups is 2. The monoisotopic (exact) mass is 291 g/mol. The third kappa shape index (κ3) is 2.18. The third-order valence-electron chi connectivity index (χ3n) is 6.55. The van der Waals surface area contributed by atoms with Crippen LogP contribution in [0.4, 0.5) is 0 Å². The molecule has 5 fully saturated rings. The molecule has 4 bridgehead atoms. The molecule has 0 unspecified atom stereocenters. The normalized spacial score (nSPS) is 44.9. The predicted octanol–water partition coefficient (Wildman–Crippen LogP) is 2.53. The average molecular weight is 291 g/mol. The number of rotatable bonds is 2. The van der Waals surface area contributed by atoms with Crippen LogP contribution >= 0.6 is 0 Å². The lowest BCUT2D eigenvalue weighted by Gasteiger charge is -2.57. The zero-order valence-corrected chi connectivity index (χ0v) is 12.6. The summed E-state index contributed by atoms with van der Waals surface area (Å²) in [5.41, 5.74) is -0.116. The number of carboxylic acid groups (broad SMARTS) is 1. The summed E-state index contributed by atoms with van der Waals surface area (Å²) in [4.78, 5) is 26.3. The Bertz CT molecular complexity index is 437. The SMILES string of the molecule is O=C(O)[C@H]1CCCN(C(=O)C23CC4CC(CC(C4)C2)C3)C1. The topological polar surface area (TPSA) is 57.6 Å². The largest absolute Gasteiger partial charge is 0.481 e. The van der Waals surface area contributed by atoms with Crippen LogP contribution in [0.2, 0.25) is 0 Å². The van der Waals surface area contributed by atoms with E-state index in [9.17, 15) is 14.7 Å². The van der Waals surface area contributed by atoms with Gasteiger partial charge in [0.05, 0.1) is 11.3 Å². The minimum absolute atomic E-state index is 0.116. The minimum Gasteiger partial charge on any atom is -0.481 e. The number of carboxylic acids is 1. The first kappa shape index (κ1) is 13.6. The molecule has 1 saturated heterocycles. The standard InChI is InChI=1S/C17H25NO3/c19-15(20)14-2-1-3-18(10-14)16(21)17-7-11-4-12(8-17)6-13(5-11)9-17/h11-14H,1-10H2,(H,19,20)/t11?,12?,13?,14-,17?/m0/s1. The van der Waals surface area contributed by atoms with Gasteiger partial charge in [-0.2, -0.15) is 0 Å². The van der Waals surface area contributed by atoms with E-state index in [1.165, 1.54) is 19.3 Å². The maximum absolute atomic E-state index is 13.2. The Hall–Kier alpha value is -1.06. The fourth-order valence-corrected chi connectivity index (χ4v) is 6.07. The summed E-state index contributed by atoms with van der Waals surface area (Å²) < 4.78 is 0. The highest BCUT2D eigenvalue weighted by Gasteiger charge is 2.55. The Labute approximate surface area is 125 Å². The molecule has 4 heteroatoms. The lowest BCUT2D eigenvalue weighted by molar-refractivity contribution is -0.161. The molecule has 4 saturated carbocycles. The molecule has 21 heavy (non-hydrogen) atoms. The molecule has 116 valence electrons. The van der Waals surface area contributed by atoms with Crippen molar-refractivity contribution in [1.82, 2.24) is 4.90 Å². The summed E-state index contributed by atoms with van der Waals surface area (Å²) in [6.45, 7) is 1.21. The van der Waals surface area contributed by atoms with Crippen LogP contribution in [0.3, 0.4) is 0 Å². The smallest absolute Gasteiger partial charge is 0.308 e. The van der Waals surface area contributed by atoms with Crippen molar-refractivity contribution in [3.63, 3.8) is 0 Å². The molecule has 0 aromatic rings. The summed E-state index contributed by atoms with van der Waals surface area (Å²) in [6, 6.07) is 0. The summed E-state index contributed by atoms with van der Waals surface area (Å²) in [6.07, 6.45) is 8.80. The van der Waals surface area contributed by atoms with E-state index in [0.29, 0.717) is 12.5 Å². The first-order valence-electron chi connectivity index (χ1n) is 8.58. The Morgan fingerprint density at radius 2 is 1.57 bits per heavy atom. The number of amides is 1. The van der Waals surface area contributed by atoms with Crippen molar-refractivity contribution in [3.8, 4) is 0 Å². The van der Waals surface area contributed by atoms with E-state index in [0.717, 1.165) is 56.4 Å². The van der Waals surface area contributed by atoms with Crippen LogP contribution in [-0.2, 0) is 9.59 Å². The number of carbonyl (C=O) groups excluding carboxylic acids is 1. The molecule has 0 aromatic heterocycles. The summed E-state index contributed by atoms with van der Waals surface area (Å²) >= 11 is 0. The zero-order chi connectivity index (χ0) is 14.6. The fraction of sp³-hybridized carbons (Fsp3) is 0.882. The predicted molar refractivity (Wildman–Crippen MR) is 77.5 cm³/mol. The number of nitrogens with zero attached hydrogens (tertiary/aromatic N) is 1. The average Bonchev–Trinajstić information content (AvgIpc) is 2.45. The van der Waals surface area contributed by atoms with Crippen LogP contribution in [0.5, 0.6) is 0 Å². The van der Waals surface area contributed by atoms with Gasteiger partial charge in [-0.05, 0) is 69.1 Å². The zero-order valence-electron chi connectivity index (χ0n) is 12.6. The summed E-state index contributed by atoms with van der Waals surface area (Å²) in [5, 5.41) is 9.23. The van der Waals surface area contributed by atoms with Gasteiger partial charge in [-0.15, -0.1) is 0 Å². The van der Waals surface area contributed by atoms with Gasteiger partial charge >= 0.3 is 5.97 Å². The van der Waals surface area contributed by atoms with Crippen molar-refractivity contribution in [2.24, 2.45) is 29.1 Å². The van der Waals surface area contributed by atoms with E-state index >= 15 is 0 Å². The van der Waals surface area contributed by atoms with Gasteiger partial charge in [0.2, 0.25) is 5.91 Å². The minimum atomic E-state index is -0.738. The molecule has 1 amide bonds. The van der Waals surface area contributed by atoms with Gasteiger partial charge in [-0.3, -0.25) is 9.59 Å². The molecular formula is C17H25NO3. The second-order valence-corrected chi connectivity index (χ2v) is 8.13. The molecule has 5 aliphatic rings. The number of likely N-dealkylation sites (tertiary alicyclic amines) is 1. The molecule has 0 aromatic carbocycles. The van der Waals surface area contributed by atoms with Crippen LogP contribution in [0, 0.1) is 29.1 Å². The van der Waals surface area contributed by atoms with Crippen molar-refractivity contribution in [2.75, 3.05) is 13.1 Å². The quantitative estimate of drug-likeness (QED) is 0.850. The van der Waals surface area contributed by atoms with Crippen molar-refractivity contribution in [2.45, 2.75) is 51.4 Å². The van der Waals surface area contributed by atoms with Gasteiger partial charge in [0.1, 0.15) is 0 Å². The van der Waals surface area contributed by atoms with Gasteiger partial charge in [-0.1, -0.05) is 0 Å². The molecule has 4 aliphatic carbocycles. The van der Waals surface area contributed by atoms with E-state index in [4.69, 9.17) is 0 Å². The Morgan fingerprint density at radius 1 is 1.00 bits per heavy atom. The molecule has 1 atom stereocenters. The van der Waals surface area contributed by atoms with Gasteiger partial charge in [0, 0.05) is 13.1 Å². The number of hydrogen-bond acceptors (Lipinski definition) is 2. The highest BCUT2D eigenvalue weighted by Crippen LogP contribution is 2.60. The second-order valence-electron chi connectivity index (χ2n) is 8.13. The Kier molecular flexibility index (Phi) is 3.05. The first-order valence-corrected chi connectivity index (χ1v) is 8.58.